The number of rotatable bonds is 4. The van der Waals surface area contributed by atoms with Gasteiger partial charge in [0.25, 0.3) is 5.91 Å². The number of aromatic nitrogens is 1. The topological polar surface area (TPSA) is 53.4 Å². The maximum absolute atomic E-state index is 12.5. The maximum atomic E-state index is 12.5. The van der Waals surface area contributed by atoms with Gasteiger partial charge in [-0.3, -0.25) is 9.78 Å². The first-order valence-corrected chi connectivity index (χ1v) is 7.42. The van der Waals surface area contributed by atoms with Crippen LogP contribution in [0.5, 0.6) is 0 Å². The molecule has 0 unspecified atom stereocenters. The van der Waals surface area contributed by atoms with Gasteiger partial charge in [-0.05, 0) is 29.1 Å². The molecule has 0 aliphatic heterocycles. The molecule has 2 aromatic rings. The molecule has 1 amide bonds. The second-order valence-electron chi connectivity index (χ2n) is 4.46. The van der Waals surface area contributed by atoms with Crippen LogP contribution in [0.4, 0.5) is 0 Å². The fraction of sp³-hybridized carbons (Fsp3) is 0.250. The molecule has 108 valence electrons. The smallest absolute Gasteiger partial charge is 0.265 e. The van der Waals surface area contributed by atoms with E-state index in [1.165, 1.54) is 11.3 Å². The van der Waals surface area contributed by atoms with Crippen LogP contribution < -0.4 is 0 Å². The third-order valence-corrected chi connectivity index (χ3v) is 3.74. The van der Waals surface area contributed by atoms with Gasteiger partial charge in [-0.2, -0.15) is 0 Å². The van der Waals surface area contributed by atoms with Crippen LogP contribution in [0.3, 0.4) is 0 Å². The highest BCUT2D eigenvalue weighted by molar-refractivity contribution is 7.12. The summed E-state index contributed by atoms with van der Waals surface area (Å²) in [5.74, 6) is 5.74. The van der Waals surface area contributed by atoms with Gasteiger partial charge in [0.05, 0.1) is 6.61 Å². The van der Waals surface area contributed by atoms with Gasteiger partial charge in [0.2, 0.25) is 0 Å². The molecule has 1 N–H and O–H groups in total. The lowest BCUT2D eigenvalue weighted by molar-refractivity contribution is 0.0789. The molecule has 2 rings (SSSR count). The second kappa shape index (κ2) is 7.58. The van der Waals surface area contributed by atoms with Crippen LogP contribution in [0.25, 0.3) is 0 Å². The first-order valence-electron chi connectivity index (χ1n) is 6.54. The summed E-state index contributed by atoms with van der Waals surface area (Å²) in [5, 5.41) is 10.6. The predicted octanol–water partition coefficient (Wildman–Crippen LogP) is 2.15. The number of thiophene rings is 1. The van der Waals surface area contributed by atoms with Gasteiger partial charge in [-0.15, -0.1) is 11.3 Å². The lowest BCUT2D eigenvalue weighted by Gasteiger charge is -2.16. The Morgan fingerprint density at radius 2 is 2.14 bits per heavy atom. The van der Waals surface area contributed by atoms with Crippen LogP contribution in [0, 0.1) is 11.8 Å². The van der Waals surface area contributed by atoms with Crippen molar-refractivity contribution < 1.29 is 9.90 Å². The van der Waals surface area contributed by atoms with Crippen LogP contribution in [0.15, 0.2) is 36.0 Å². The summed E-state index contributed by atoms with van der Waals surface area (Å²) in [6.07, 6.45) is 3.84. The number of pyridine rings is 1. The van der Waals surface area contributed by atoms with Gasteiger partial charge in [0.1, 0.15) is 4.88 Å². The van der Waals surface area contributed by atoms with Crippen molar-refractivity contribution in [1.82, 2.24) is 9.88 Å². The monoisotopic (exact) mass is 300 g/mol. The molecule has 2 heterocycles. The van der Waals surface area contributed by atoms with Crippen molar-refractivity contribution in [3.8, 4) is 11.8 Å². The van der Waals surface area contributed by atoms with E-state index in [-0.39, 0.29) is 12.5 Å². The molecule has 0 fully saturated rings. The number of aliphatic hydroxyl groups excluding tert-OH is 1. The lowest BCUT2D eigenvalue weighted by Crippen LogP contribution is -2.26. The molecule has 0 bridgehead atoms. The van der Waals surface area contributed by atoms with E-state index in [0.29, 0.717) is 17.8 Å². The zero-order valence-corrected chi connectivity index (χ0v) is 12.6. The third kappa shape index (κ3) is 4.15. The molecule has 0 saturated carbocycles. The maximum Gasteiger partial charge on any atom is 0.265 e. The normalized spacial score (nSPS) is 9.81. The molecule has 5 heteroatoms. The molecular weight excluding hydrogens is 284 g/mol. The van der Waals surface area contributed by atoms with Gasteiger partial charge in [-0.25, -0.2) is 0 Å². The number of aliphatic hydroxyl groups is 1. The Hall–Kier alpha value is -2.16. The third-order valence-electron chi connectivity index (χ3n) is 2.84. The molecule has 4 nitrogen and oxygen atoms in total. The first-order chi connectivity index (χ1) is 10.2. The largest absolute Gasteiger partial charge is 0.395 e. The summed E-state index contributed by atoms with van der Waals surface area (Å²) in [6, 6.07) is 5.61. The molecule has 2 aromatic heterocycles. The Bertz CT molecular complexity index is 656. The zero-order chi connectivity index (χ0) is 15.1. The van der Waals surface area contributed by atoms with E-state index >= 15 is 0 Å². The quantitative estimate of drug-likeness (QED) is 0.880. The van der Waals surface area contributed by atoms with Gasteiger partial charge in [-0.1, -0.05) is 11.8 Å². The van der Waals surface area contributed by atoms with Crippen molar-refractivity contribution in [2.45, 2.75) is 13.0 Å². The molecular formula is C16H16N2O2S. The highest BCUT2D eigenvalue weighted by Gasteiger charge is 2.16. The lowest BCUT2D eigenvalue weighted by atomic mass is 10.2. The second-order valence-corrected chi connectivity index (χ2v) is 5.37. The number of hydrogen-bond donors (Lipinski definition) is 1. The van der Waals surface area contributed by atoms with Crippen LogP contribution >= 0.6 is 11.3 Å². The molecule has 0 radical (unpaired) electrons. The molecule has 0 aliphatic rings. The van der Waals surface area contributed by atoms with Gasteiger partial charge in [0, 0.05) is 38.0 Å². The minimum Gasteiger partial charge on any atom is -0.395 e. The summed E-state index contributed by atoms with van der Waals surface area (Å²) >= 11 is 1.39. The Morgan fingerprint density at radius 3 is 2.86 bits per heavy atom. The molecule has 21 heavy (non-hydrogen) atoms. The van der Waals surface area contributed by atoms with Crippen molar-refractivity contribution in [2.75, 3.05) is 13.7 Å². The van der Waals surface area contributed by atoms with E-state index in [1.54, 1.807) is 24.3 Å². The van der Waals surface area contributed by atoms with E-state index in [2.05, 4.69) is 16.8 Å². The standard InChI is InChI=1S/C16H16N2O2S/c1-18(12-13-5-8-17-9-6-13)16(20)15-14(7-11-21-15)4-2-3-10-19/h5-9,11,19H,3,10,12H2,1H3. The number of amides is 1. The fourth-order valence-corrected chi connectivity index (χ4v) is 2.64. The minimum atomic E-state index is -0.0462. The van der Waals surface area contributed by atoms with Crippen molar-refractivity contribution in [2.24, 2.45) is 0 Å². The summed E-state index contributed by atoms with van der Waals surface area (Å²) in [5.41, 5.74) is 1.75. The van der Waals surface area contributed by atoms with E-state index in [9.17, 15) is 4.79 Å². The highest BCUT2D eigenvalue weighted by Crippen LogP contribution is 2.18. The summed E-state index contributed by atoms with van der Waals surface area (Å²) < 4.78 is 0. The van der Waals surface area contributed by atoms with Gasteiger partial charge >= 0.3 is 0 Å². The summed E-state index contributed by atoms with van der Waals surface area (Å²) in [7, 11) is 1.77. The Kier molecular flexibility index (Phi) is 5.50. The molecule has 0 saturated heterocycles. The SMILES string of the molecule is CN(Cc1ccncc1)C(=O)c1sccc1C#CCCO. The Balaban J connectivity index is 2.10. The van der Waals surface area contributed by atoms with E-state index in [1.807, 2.05) is 23.6 Å². The van der Waals surface area contributed by atoms with Crippen LogP contribution in [-0.4, -0.2) is 34.6 Å². The number of carbonyl (C=O) groups excluding carboxylic acids is 1. The number of hydrogen-bond acceptors (Lipinski definition) is 4. The minimum absolute atomic E-state index is 0.0301. The number of carbonyl (C=O) groups is 1. The van der Waals surface area contributed by atoms with Crippen molar-refractivity contribution in [1.29, 1.82) is 0 Å². The molecule has 0 atom stereocenters. The van der Waals surface area contributed by atoms with Crippen molar-refractivity contribution >= 4 is 17.2 Å². The van der Waals surface area contributed by atoms with E-state index < -0.39 is 0 Å². The van der Waals surface area contributed by atoms with Gasteiger partial charge < -0.3 is 10.0 Å². The van der Waals surface area contributed by atoms with Crippen molar-refractivity contribution in [3.63, 3.8) is 0 Å². The van der Waals surface area contributed by atoms with Crippen molar-refractivity contribution in [3.05, 3.63) is 52.0 Å². The fourth-order valence-electron chi connectivity index (χ4n) is 1.79. The molecule has 0 aromatic carbocycles. The Labute approximate surface area is 128 Å². The Morgan fingerprint density at radius 1 is 1.38 bits per heavy atom. The first kappa shape index (κ1) is 15.2. The predicted molar refractivity (Wildman–Crippen MR) is 82.9 cm³/mol. The average Bonchev–Trinajstić information content (AvgIpc) is 2.96. The van der Waals surface area contributed by atoms with Crippen LogP contribution in [-0.2, 0) is 6.54 Å². The van der Waals surface area contributed by atoms with E-state index in [0.717, 1.165) is 11.1 Å². The molecule has 0 spiro atoms. The highest BCUT2D eigenvalue weighted by atomic mass is 32.1. The summed E-state index contributed by atoms with van der Waals surface area (Å²) in [6.45, 7) is 0.561. The van der Waals surface area contributed by atoms with Gasteiger partial charge in [0.15, 0.2) is 0 Å². The summed E-state index contributed by atoms with van der Waals surface area (Å²) in [4.78, 5) is 18.7. The van der Waals surface area contributed by atoms with Crippen LogP contribution in [0.1, 0.15) is 27.2 Å². The number of nitrogens with zero attached hydrogens (tertiary/aromatic N) is 2. The molecule has 0 aliphatic carbocycles. The zero-order valence-electron chi connectivity index (χ0n) is 11.7. The average molecular weight is 300 g/mol. The van der Waals surface area contributed by atoms with E-state index in [4.69, 9.17) is 5.11 Å². The van der Waals surface area contributed by atoms with Crippen LogP contribution in [0.2, 0.25) is 0 Å².